The van der Waals surface area contributed by atoms with E-state index in [4.69, 9.17) is 13.7 Å². The van der Waals surface area contributed by atoms with E-state index in [9.17, 15) is 33.6 Å². The van der Waals surface area contributed by atoms with Crippen LogP contribution in [0.3, 0.4) is 0 Å². The molecule has 4 aromatic heterocycles. The summed E-state index contributed by atoms with van der Waals surface area (Å²) < 4.78 is 11.7. The van der Waals surface area contributed by atoms with Crippen LogP contribution >= 0.6 is 12.4 Å². The summed E-state index contributed by atoms with van der Waals surface area (Å²) >= 11 is 0. The number of hydrogen-bond donors (Lipinski definition) is 3. The first-order chi connectivity index (χ1) is 25.5. The van der Waals surface area contributed by atoms with Crippen molar-refractivity contribution in [3.05, 3.63) is 158 Å². The zero-order valence-electron chi connectivity index (χ0n) is 29.6. The lowest BCUT2D eigenvalue weighted by Crippen LogP contribution is -2.38. The molecule has 0 amide bonds. The van der Waals surface area contributed by atoms with Gasteiger partial charge in [0.1, 0.15) is 23.6 Å². The van der Waals surface area contributed by atoms with E-state index < -0.39 is 40.3 Å². The number of aromatic nitrogens is 4. The minimum absolute atomic E-state index is 0. The van der Waals surface area contributed by atoms with Crippen molar-refractivity contribution in [2.24, 2.45) is 11.1 Å². The fraction of sp³-hybridized carbons (Fsp3) is 0.243. The summed E-state index contributed by atoms with van der Waals surface area (Å²) in [5.74, 6) is 3.98. The van der Waals surface area contributed by atoms with Gasteiger partial charge in [0.25, 0.3) is 11.1 Å². The molecule has 0 atom stereocenters. The number of nitrogens with one attached hydrogen (secondary N) is 2. The number of rotatable bonds is 9. The maximum absolute atomic E-state index is 12.9. The van der Waals surface area contributed by atoms with Crippen LogP contribution in [0.4, 0.5) is 0 Å². The molecule has 0 unspecified atom stereocenters. The molecule has 0 saturated carbocycles. The molecular weight excluding hydrogens is 740 g/mol. The third-order valence-corrected chi connectivity index (χ3v) is 7.71. The summed E-state index contributed by atoms with van der Waals surface area (Å²) in [6.07, 6.45) is 0.858. The molecule has 0 spiro atoms. The lowest BCUT2D eigenvalue weighted by atomic mass is 10.1. The van der Waals surface area contributed by atoms with Gasteiger partial charge in [0.05, 0.1) is 20.2 Å². The highest BCUT2D eigenvalue weighted by molar-refractivity contribution is 6.00. The van der Waals surface area contributed by atoms with Gasteiger partial charge in [-0.2, -0.15) is 0 Å². The van der Waals surface area contributed by atoms with Gasteiger partial charge in [-0.05, 0) is 24.0 Å². The standard InChI is InChI=1S/C18H17N3O5.C17H14N2O5.CH5NO.CH4.ClH/c1-3-11-9-14(22)26-16-15(11)17(23)21(18(24)19-16)10-13(20-25-2)12-7-5-4-6-8-12;1-2-10-8-13(21)24-15-14(10)16(22)19(17(23)18-15)9-12(20)11-6-4-3-5-7-11;1-3-2;;/h4-9H,3,10H2,1-2H3,(H,19,24);3-8H,2,9H2,1H3,(H,18,23);2H2,1H3;1H4;1H/b20-13-;;;;. The predicted octanol–water partition coefficient (Wildman–Crippen LogP) is 2.91. The topological polar surface area (TPSA) is 244 Å². The molecule has 4 heterocycles. The van der Waals surface area contributed by atoms with Crippen LogP contribution in [0.1, 0.15) is 48.3 Å². The molecule has 18 heteroatoms. The number of oxime groups is 1. The Morgan fingerprint density at radius 1 is 0.709 bits per heavy atom. The van der Waals surface area contributed by atoms with Crippen molar-refractivity contribution >= 4 is 46.1 Å². The van der Waals surface area contributed by atoms with E-state index >= 15 is 0 Å². The Morgan fingerprint density at radius 2 is 1.11 bits per heavy atom. The number of carbonyl (C=O) groups excluding carboxylic acids is 1. The van der Waals surface area contributed by atoms with Crippen LogP contribution in [-0.2, 0) is 35.6 Å². The second-order valence-corrected chi connectivity index (χ2v) is 11.1. The van der Waals surface area contributed by atoms with Crippen molar-refractivity contribution in [1.82, 2.24) is 19.1 Å². The number of hydrogen-bond acceptors (Lipinski definition) is 13. The Labute approximate surface area is 318 Å². The van der Waals surface area contributed by atoms with Crippen LogP contribution in [-0.4, -0.2) is 44.8 Å². The van der Waals surface area contributed by atoms with Gasteiger partial charge in [-0.15, -0.1) is 12.4 Å². The quantitative estimate of drug-likeness (QED) is 0.109. The summed E-state index contributed by atoms with van der Waals surface area (Å²) in [4.78, 5) is 98.8. The summed E-state index contributed by atoms with van der Waals surface area (Å²) in [6, 6.07) is 19.9. The van der Waals surface area contributed by atoms with Crippen LogP contribution < -0.4 is 39.6 Å². The van der Waals surface area contributed by atoms with Gasteiger partial charge in [0.2, 0.25) is 11.4 Å². The van der Waals surface area contributed by atoms with Gasteiger partial charge in [-0.1, -0.05) is 87.1 Å². The highest BCUT2D eigenvalue weighted by atomic mass is 35.5. The highest BCUT2D eigenvalue weighted by Crippen LogP contribution is 2.12. The normalized spacial score (nSPS) is 10.6. The number of ketones is 1. The minimum atomic E-state index is -0.798. The first-order valence-corrected chi connectivity index (χ1v) is 16.0. The number of halogens is 1. The van der Waals surface area contributed by atoms with E-state index in [2.05, 4.69) is 25.9 Å². The molecule has 55 heavy (non-hydrogen) atoms. The predicted molar refractivity (Wildman–Crippen MR) is 209 cm³/mol. The summed E-state index contributed by atoms with van der Waals surface area (Å²) in [5.41, 5.74) is -1.75. The van der Waals surface area contributed by atoms with Gasteiger partial charge < -0.3 is 18.5 Å². The van der Waals surface area contributed by atoms with Gasteiger partial charge in [-0.25, -0.2) is 25.1 Å². The van der Waals surface area contributed by atoms with Crippen LogP contribution in [0.25, 0.3) is 22.2 Å². The van der Waals surface area contributed by atoms with Gasteiger partial charge >= 0.3 is 22.6 Å². The number of nitrogens with two attached hydrogens (primary N) is 1. The smallest absolute Gasteiger partial charge is 0.337 e. The second kappa shape index (κ2) is 20.7. The molecule has 4 N–H and O–H groups in total. The van der Waals surface area contributed by atoms with Crippen LogP contribution in [0.5, 0.6) is 0 Å². The third-order valence-electron chi connectivity index (χ3n) is 7.71. The van der Waals surface area contributed by atoms with E-state index in [0.717, 1.165) is 14.7 Å². The molecule has 292 valence electrons. The Balaban J connectivity index is 0.000000344. The maximum Gasteiger partial charge on any atom is 0.337 e. The number of benzene rings is 2. The largest absolute Gasteiger partial charge is 0.405 e. The monoisotopic (exact) mass is 780 g/mol. The Kier molecular flexibility index (Phi) is 16.8. The average molecular weight is 781 g/mol. The van der Waals surface area contributed by atoms with Crippen molar-refractivity contribution in [2.45, 2.75) is 47.2 Å². The number of H-pyrrole nitrogens is 2. The van der Waals surface area contributed by atoms with Crippen molar-refractivity contribution in [3.63, 3.8) is 0 Å². The Hall–Kier alpha value is -6.43. The lowest BCUT2D eigenvalue weighted by molar-refractivity contribution is 0.0969. The summed E-state index contributed by atoms with van der Waals surface area (Å²) in [5, 5.41) is 4.23. The van der Waals surface area contributed by atoms with E-state index in [0.29, 0.717) is 35.2 Å². The van der Waals surface area contributed by atoms with Gasteiger partial charge in [0, 0.05) is 23.3 Å². The van der Waals surface area contributed by atoms with E-state index in [-0.39, 0.29) is 54.4 Å². The molecule has 0 saturated heterocycles. The molecular formula is C37H41ClN6O11. The number of carbonyl (C=O) groups is 1. The molecule has 6 rings (SSSR count). The fourth-order valence-electron chi connectivity index (χ4n) is 5.28. The first kappa shape index (κ1) is 44.7. The molecule has 0 bridgehead atoms. The van der Waals surface area contributed by atoms with E-state index in [1.807, 2.05) is 25.1 Å². The zero-order chi connectivity index (χ0) is 38.7. The number of aryl methyl sites for hydroxylation is 2. The van der Waals surface area contributed by atoms with Gasteiger partial charge in [0.15, 0.2) is 5.78 Å². The molecule has 17 nitrogen and oxygen atoms in total. The molecule has 0 aliphatic carbocycles. The highest BCUT2D eigenvalue weighted by Gasteiger charge is 2.18. The van der Waals surface area contributed by atoms with Crippen molar-refractivity contribution in [2.75, 3.05) is 14.2 Å². The molecule has 0 aliphatic heterocycles. The van der Waals surface area contributed by atoms with Crippen LogP contribution in [0, 0.1) is 0 Å². The molecule has 0 radical (unpaired) electrons. The second-order valence-electron chi connectivity index (χ2n) is 11.1. The van der Waals surface area contributed by atoms with Gasteiger partial charge in [-0.3, -0.25) is 33.5 Å². The zero-order valence-corrected chi connectivity index (χ0v) is 30.4. The van der Waals surface area contributed by atoms with Crippen molar-refractivity contribution < 1.29 is 23.3 Å². The van der Waals surface area contributed by atoms with Crippen LogP contribution in [0.15, 0.2) is 116 Å². The molecule has 0 aliphatic rings. The molecule has 0 fully saturated rings. The Morgan fingerprint density at radius 3 is 1.51 bits per heavy atom. The minimum Gasteiger partial charge on any atom is -0.405 e. The number of nitrogens with zero attached hydrogens (tertiary/aromatic N) is 3. The van der Waals surface area contributed by atoms with E-state index in [1.54, 1.807) is 49.4 Å². The Bertz CT molecular complexity index is 2620. The van der Waals surface area contributed by atoms with Crippen LogP contribution in [0.2, 0.25) is 0 Å². The van der Waals surface area contributed by atoms with E-state index in [1.165, 1.54) is 26.4 Å². The van der Waals surface area contributed by atoms with Crippen molar-refractivity contribution in [3.8, 4) is 0 Å². The number of Topliss-reactive ketones (excluding diaryl/α,β-unsaturated/α-hetero) is 1. The summed E-state index contributed by atoms with van der Waals surface area (Å²) in [7, 11) is 2.79. The molecule has 6 aromatic rings. The fourth-order valence-corrected chi connectivity index (χ4v) is 5.28. The first-order valence-electron chi connectivity index (χ1n) is 16.0. The average Bonchev–Trinajstić information content (AvgIpc) is 3.14. The SMILES string of the molecule is C.CCc1cc(=O)oc2[nH]c(=O)n(C/C(=N/OC)c3ccccc3)c(=O)c12.CCc1cc(=O)oc2[nH]c(=O)n(CC(=O)c3ccccc3)c(=O)c12.CON.Cl. The molecule has 2 aromatic carbocycles. The maximum atomic E-state index is 12.9. The number of fused-ring (bicyclic) bond motifs is 2. The third kappa shape index (κ3) is 10.6. The van der Waals surface area contributed by atoms with Crippen molar-refractivity contribution in [1.29, 1.82) is 0 Å². The lowest BCUT2D eigenvalue weighted by Gasteiger charge is -2.10. The number of aromatic amines is 2. The summed E-state index contributed by atoms with van der Waals surface area (Å²) in [6.45, 7) is 3.10.